The molecule has 0 spiro atoms. The molecule has 4 atom stereocenters. The third-order valence-corrected chi connectivity index (χ3v) is 10.6. The summed E-state index contributed by atoms with van der Waals surface area (Å²) < 4.78 is 12.0. The quantitative estimate of drug-likeness (QED) is 0.370. The van der Waals surface area contributed by atoms with Gasteiger partial charge in [-0.05, 0) is 106 Å². The number of aliphatic carboxylic acids is 1. The van der Waals surface area contributed by atoms with Crippen LogP contribution in [-0.4, -0.2) is 48.7 Å². The predicted octanol–water partition coefficient (Wildman–Crippen LogP) is 5.12. The van der Waals surface area contributed by atoms with Crippen molar-refractivity contribution >= 4 is 17.8 Å². The van der Waals surface area contributed by atoms with Gasteiger partial charge in [0, 0.05) is 12.6 Å². The minimum atomic E-state index is -0.756. The highest BCUT2D eigenvalue weighted by atomic mass is 16.5. The van der Waals surface area contributed by atoms with E-state index in [-0.39, 0.29) is 35.3 Å². The molecule has 0 aromatic heterocycles. The minimum absolute atomic E-state index is 0.0774. The summed E-state index contributed by atoms with van der Waals surface area (Å²) in [6.45, 7) is 6.78. The maximum Gasteiger partial charge on any atom is 0.309 e. The molecule has 220 valence electrons. The molecule has 5 rings (SSSR count). The number of carbonyl (C=O) groups excluding carboxylic acids is 2. The lowest BCUT2D eigenvalue weighted by atomic mass is 9.70. The van der Waals surface area contributed by atoms with Crippen molar-refractivity contribution in [3.05, 3.63) is 23.3 Å². The normalized spacial score (nSPS) is 32.1. The zero-order valence-electron chi connectivity index (χ0n) is 24.5. The molecule has 0 aliphatic heterocycles. The molecule has 4 unspecified atom stereocenters. The summed E-state index contributed by atoms with van der Waals surface area (Å²) in [4.78, 5) is 38.8. The van der Waals surface area contributed by atoms with Crippen molar-refractivity contribution in [2.75, 3.05) is 13.7 Å². The summed E-state index contributed by atoms with van der Waals surface area (Å²) in [5.41, 5.74) is 0.852. The molecule has 3 N–H and O–H groups in total. The number of rotatable bonds is 10. The van der Waals surface area contributed by atoms with E-state index in [0.717, 1.165) is 37.7 Å². The van der Waals surface area contributed by atoms with E-state index in [1.165, 1.54) is 6.42 Å². The van der Waals surface area contributed by atoms with Gasteiger partial charge in [0.15, 0.2) is 0 Å². The number of carboxylic acids is 1. The van der Waals surface area contributed by atoms with Crippen LogP contribution in [-0.2, 0) is 16.0 Å². The standard InChI is InChI=1S/C32H46N2O6/c1-5-19-16-25(39-4)23(17-24(19)40-22-9-13-32(3,14-10-22)30(37)38)28(35)34-27-21-8-7-20(15-21)26(27)29(36)33-18-31(2)11-6-12-31/h16-17,20-22,26-27H,5-15,18H2,1-4H3,(H,33,36)(H,34,35)(H,37,38). The van der Waals surface area contributed by atoms with Crippen LogP contribution in [0.25, 0.3) is 0 Å². The van der Waals surface area contributed by atoms with E-state index in [2.05, 4.69) is 17.6 Å². The zero-order valence-corrected chi connectivity index (χ0v) is 24.5. The number of benzene rings is 1. The molecule has 4 saturated carbocycles. The zero-order chi connectivity index (χ0) is 28.7. The minimum Gasteiger partial charge on any atom is -0.496 e. The van der Waals surface area contributed by atoms with Gasteiger partial charge in [0.25, 0.3) is 5.91 Å². The first-order valence-corrected chi connectivity index (χ1v) is 15.3. The highest BCUT2D eigenvalue weighted by molar-refractivity contribution is 5.98. The van der Waals surface area contributed by atoms with Crippen LogP contribution in [0.1, 0.15) is 101 Å². The highest BCUT2D eigenvalue weighted by Crippen LogP contribution is 2.49. The highest BCUT2D eigenvalue weighted by Gasteiger charge is 2.51. The molecule has 1 aromatic rings. The number of amides is 2. The maximum atomic E-state index is 13.8. The van der Waals surface area contributed by atoms with Crippen molar-refractivity contribution in [1.29, 1.82) is 0 Å². The fraction of sp³-hybridized carbons (Fsp3) is 0.719. The maximum absolute atomic E-state index is 13.8. The fourth-order valence-electron chi connectivity index (χ4n) is 7.55. The van der Waals surface area contributed by atoms with E-state index in [9.17, 15) is 19.5 Å². The van der Waals surface area contributed by atoms with Gasteiger partial charge in [0.1, 0.15) is 11.5 Å². The van der Waals surface area contributed by atoms with Gasteiger partial charge in [-0.15, -0.1) is 0 Å². The van der Waals surface area contributed by atoms with E-state index in [1.54, 1.807) is 20.1 Å². The van der Waals surface area contributed by atoms with Crippen LogP contribution in [0.4, 0.5) is 0 Å². The van der Waals surface area contributed by atoms with Crippen molar-refractivity contribution in [2.45, 2.75) is 104 Å². The van der Waals surface area contributed by atoms with Crippen molar-refractivity contribution in [1.82, 2.24) is 10.6 Å². The SMILES string of the molecule is CCc1cc(OC)c(C(=O)NC2C3CCC(C3)C2C(=O)NCC2(C)CCC2)cc1OC1CCC(C)(C(=O)O)CC1. The summed E-state index contributed by atoms with van der Waals surface area (Å²) in [5, 5.41) is 16.1. The number of fused-ring (bicyclic) bond motifs is 2. The fourth-order valence-corrected chi connectivity index (χ4v) is 7.55. The van der Waals surface area contributed by atoms with Crippen molar-refractivity contribution in [3.63, 3.8) is 0 Å². The largest absolute Gasteiger partial charge is 0.496 e. The molecule has 2 amide bonds. The van der Waals surface area contributed by atoms with Gasteiger partial charge < -0.3 is 25.2 Å². The monoisotopic (exact) mass is 554 g/mol. The lowest BCUT2D eigenvalue weighted by Crippen LogP contribution is -2.51. The molecule has 4 aliphatic carbocycles. The Kier molecular flexibility index (Phi) is 8.08. The Morgan fingerprint density at radius 1 is 1.00 bits per heavy atom. The number of methoxy groups -OCH3 is 1. The number of hydrogen-bond donors (Lipinski definition) is 3. The van der Waals surface area contributed by atoms with Crippen LogP contribution in [0, 0.1) is 28.6 Å². The smallest absolute Gasteiger partial charge is 0.309 e. The molecular formula is C32H46N2O6. The summed E-state index contributed by atoms with van der Waals surface area (Å²) in [5.74, 6) is 0.643. The van der Waals surface area contributed by atoms with E-state index in [0.29, 0.717) is 67.5 Å². The van der Waals surface area contributed by atoms with Crippen LogP contribution in [0.3, 0.4) is 0 Å². The van der Waals surface area contributed by atoms with Crippen LogP contribution in [0.5, 0.6) is 11.5 Å². The molecule has 0 radical (unpaired) electrons. The summed E-state index contributed by atoms with van der Waals surface area (Å²) in [6.07, 6.45) is 9.64. The predicted molar refractivity (Wildman–Crippen MR) is 152 cm³/mol. The Bertz CT molecular complexity index is 1140. The third kappa shape index (κ3) is 5.55. The second-order valence-corrected chi connectivity index (χ2v) is 13.4. The second kappa shape index (κ2) is 11.2. The van der Waals surface area contributed by atoms with Gasteiger partial charge in [-0.3, -0.25) is 14.4 Å². The first kappa shape index (κ1) is 28.7. The lowest BCUT2D eigenvalue weighted by Gasteiger charge is -2.39. The van der Waals surface area contributed by atoms with Gasteiger partial charge in [0.2, 0.25) is 5.91 Å². The Balaban J connectivity index is 1.30. The topological polar surface area (TPSA) is 114 Å². The Morgan fingerprint density at radius 2 is 1.70 bits per heavy atom. The van der Waals surface area contributed by atoms with Gasteiger partial charge in [-0.25, -0.2) is 0 Å². The number of nitrogens with one attached hydrogen (secondary N) is 2. The number of ether oxygens (including phenoxy) is 2. The van der Waals surface area contributed by atoms with E-state index in [4.69, 9.17) is 9.47 Å². The molecule has 8 nitrogen and oxygen atoms in total. The van der Waals surface area contributed by atoms with Crippen LogP contribution in [0.2, 0.25) is 0 Å². The Labute approximate surface area is 238 Å². The molecule has 0 saturated heterocycles. The van der Waals surface area contributed by atoms with Crippen LogP contribution >= 0.6 is 0 Å². The van der Waals surface area contributed by atoms with Gasteiger partial charge in [-0.2, -0.15) is 0 Å². The average Bonchev–Trinajstić information content (AvgIpc) is 3.53. The van der Waals surface area contributed by atoms with Crippen LogP contribution < -0.4 is 20.1 Å². The first-order valence-electron chi connectivity index (χ1n) is 15.3. The van der Waals surface area contributed by atoms with E-state index >= 15 is 0 Å². The summed E-state index contributed by atoms with van der Waals surface area (Å²) in [7, 11) is 1.56. The third-order valence-electron chi connectivity index (χ3n) is 10.6. The molecule has 40 heavy (non-hydrogen) atoms. The van der Waals surface area contributed by atoms with Gasteiger partial charge in [0.05, 0.1) is 30.1 Å². The number of aryl methyl sites for hydroxylation is 1. The van der Waals surface area contributed by atoms with Crippen molar-refractivity contribution < 1.29 is 29.0 Å². The second-order valence-electron chi connectivity index (χ2n) is 13.4. The molecule has 4 fully saturated rings. The van der Waals surface area contributed by atoms with Crippen molar-refractivity contribution in [2.24, 2.45) is 28.6 Å². The number of hydrogen-bond acceptors (Lipinski definition) is 5. The Morgan fingerprint density at radius 3 is 2.30 bits per heavy atom. The molecule has 8 heteroatoms. The first-order chi connectivity index (χ1) is 19.1. The van der Waals surface area contributed by atoms with E-state index in [1.807, 2.05) is 13.0 Å². The molecule has 0 heterocycles. The lowest BCUT2D eigenvalue weighted by molar-refractivity contribution is -0.150. The van der Waals surface area contributed by atoms with Gasteiger partial charge >= 0.3 is 5.97 Å². The average molecular weight is 555 g/mol. The van der Waals surface area contributed by atoms with Gasteiger partial charge in [-0.1, -0.05) is 20.3 Å². The molecule has 4 aliphatic rings. The number of carbonyl (C=O) groups is 3. The molecule has 1 aromatic carbocycles. The molecular weight excluding hydrogens is 508 g/mol. The summed E-state index contributed by atoms with van der Waals surface area (Å²) >= 11 is 0. The summed E-state index contributed by atoms with van der Waals surface area (Å²) in [6, 6.07) is 3.46. The Hall–Kier alpha value is -2.77. The van der Waals surface area contributed by atoms with Crippen LogP contribution in [0.15, 0.2) is 12.1 Å². The number of carboxylic acid groups (broad SMARTS) is 1. The molecule has 2 bridgehead atoms. The van der Waals surface area contributed by atoms with E-state index < -0.39 is 11.4 Å². The van der Waals surface area contributed by atoms with Crippen molar-refractivity contribution in [3.8, 4) is 11.5 Å².